The number of nitrogens with zero attached hydrogens (tertiary/aromatic N) is 6. The Labute approximate surface area is 171 Å². The maximum atomic E-state index is 9.60. The summed E-state index contributed by atoms with van der Waals surface area (Å²) in [5.74, 6) is 0. The molecule has 0 spiro atoms. The molecule has 1 saturated heterocycles. The molecule has 0 atom stereocenters. The van der Waals surface area contributed by atoms with Crippen LogP contribution in [0.25, 0.3) is 0 Å². The minimum atomic E-state index is 0.632. The monoisotopic (exact) mass is 387 g/mol. The molecule has 2 aromatic carbocycles. The van der Waals surface area contributed by atoms with E-state index in [-0.39, 0.29) is 0 Å². The molecule has 7 heteroatoms. The van der Waals surface area contributed by atoms with Crippen LogP contribution in [0, 0.1) is 11.3 Å². The maximum absolute atomic E-state index is 9.60. The van der Waals surface area contributed by atoms with E-state index in [4.69, 9.17) is 5.73 Å². The molecule has 0 radical (unpaired) electrons. The molecule has 148 valence electrons. The molecule has 1 fully saturated rings. The van der Waals surface area contributed by atoms with Gasteiger partial charge in [0.15, 0.2) is 0 Å². The number of likely N-dealkylation sites (tertiary alicyclic amines) is 1. The summed E-state index contributed by atoms with van der Waals surface area (Å²) in [6.45, 7) is 3.62. The number of nitriles is 1. The van der Waals surface area contributed by atoms with Crippen molar-refractivity contribution >= 4 is 11.4 Å². The zero-order valence-corrected chi connectivity index (χ0v) is 16.4. The van der Waals surface area contributed by atoms with Crippen LogP contribution >= 0.6 is 0 Å². The lowest BCUT2D eigenvalue weighted by molar-refractivity contribution is 0.221. The molecule has 4 rings (SSSR count). The second-order valence-corrected chi connectivity index (χ2v) is 7.43. The van der Waals surface area contributed by atoms with E-state index in [0.29, 0.717) is 6.54 Å². The molecule has 0 saturated carbocycles. The van der Waals surface area contributed by atoms with Gasteiger partial charge in [-0.3, -0.25) is 9.91 Å². The summed E-state index contributed by atoms with van der Waals surface area (Å²) in [6, 6.07) is 16.2. The summed E-state index contributed by atoms with van der Waals surface area (Å²) >= 11 is 0. The Morgan fingerprint density at radius 1 is 1.00 bits per heavy atom. The first-order valence-corrected chi connectivity index (χ1v) is 9.95. The third-order valence-corrected chi connectivity index (χ3v) is 5.35. The first kappa shape index (κ1) is 19.0. The zero-order valence-electron chi connectivity index (χ0n) is 16.4. The van der Waals surface area contributed by atoms with Gasteiger partial charge in [-0.05, 0) is 67.4 Å². The molecule has 0 amide bonds. The second kappa shape index (κ2) is 8.76. The summed E-state index contributed by atoms with van der Waals surface area (Å²) in [7, 11) is 0. The van der Waals surface area contributed by atoms with Gasteiger partial charge in [0.1, 0.15) is 12.7 Å². The van der Waals surface area contributed by atoms with Gasteiger partial charge in [-0.25, -0.2) is 4.68 Å². The standard InChI is InChI=1S/C22H25N7/c23-13-19-6-9-22(12-20(19)15-27-10-2-1-3-11-27)29(28-16-25-26-17-28)14-18-4-7-21(24)8-5-18/h4-9,12,16-17H,1-3,10-11,14-15,24H2. The summed E-state index contributed by atoms with van der Waals surface area (Å²) in [4.78, 5) is 2.44. The van der Waals surface area contributed by atoms with Crippen molar-refractivity contribution in [2.45, 2.75) is 32.4 Å². The largest absolute Gasteiger partial charge is 0.399 e. The van der Waals surface area contributed by atoms with Gasteiger partial charge in [-0.15, -0.1) is 10.2 Å². The third kappa shape index (κ3) is 4.55. The van der Waals surface area contributed by atoms with Crippen LogP contribution < -0.4 is 10.7 Å². The highest BCUT2D eigenvalue weighted by molar-refractivity contribution is 5.54. The van der Waals surface area contributed by atoms with Crippen molar-refractivity contribution < 1.29 is 0 Å². The van der Waals surface area contributed by atoms with Crippen LogP contribution in [0.2, 0.25) is 0 Å². The van der Waals surface area contributed by atoms with Gasteiger partial charge in [0.05, 0.1) is 23.9 Å². The molecular formula is C22H25N7. The lowest BCUT2D eigenvalue weighted by atomic mass is 10.0. The minimum Gasteiger partial charge on any atom is -0.399 e. The Kier molecular flexibility index (Phi) is 5.73. The fourth-order valence-electron chi connectivity index (χ4n) is 3.76. The lowest BCUT2D eigenvalue weighted by Gasteiger charge is -2.28. The normalized spacial score (nSPS) is 14.4. The van der Waals surface area contributed by atoms with E-state index in [1.54, 1.807) is 12.7 Å². The predicted octanol–water partition coefficient (Wildman–Crippen LogP) is 3.19. The Morgan fingerprint density at radius 2 is 1.72 bits per heavy atom. The SMILES string of the molecule is N#Cc1ccc(N(Cc2ccc(N)cc2)n2cnnc2)cc1CN1CCCCC1. The average molecular weight is 387 g/mol. The van der Waals surface area contributed by atoms with Crippen LogP contribution in [-0.4, -0.2) is 32.9 Å². The van der Waals surface area contributed by atoms with Crippen molar-refractivity contribution in [3.63, 3.8) is 0 Å². The molecule has 0 aliphatic carbocycles. The second-order valence-electron chi connectivity index (χ2n) is 7.43. The topological polar surface area (TPSA) is 87.0 Å². The Hall–Kier alpha value is -3.37. The van der Waals surface area contributed by atoms with E-state index in [9.17, 15) is 5.26 Å². The highest BCUT2D eigenvalue weighted by atomic mass is 15.6. The van der Waals surface area contributed by atoms with Gasteiger partial charge in [0, 0.05) is 12.2 Å². The maximum Gasteiger partial charge on any atom is 0.139 e. The number of piperidine rings is 1. The Balaban J connectivity index is 1.65. The first-order chi connectivity index (χ1) is 14.2. The summed E-state index contributed by atoms with van der Waals surface area (Å²) in [5.41, 5.74) is 10.5. The molecule has 2 N–H and O–H groups in total. The fourth-order valence-corrected chi connectivity index (χ4v) is 3.76. The van der Waals surface area contributed by atoms with Crippen molar-refractivity contribution in [3.05, 3.63) is 71.8 Å². The first-order valence-electron chi connectivity index (χ1n) is 9.95. The highest BCUT2D eigenvalue weighted by Gasteiger charge is 2.16. The Bertz CT molecular complexity index is 967. The molecule has 1 aromatic heterocycles. The van der Waals surface area contributed by atoms with Gasteiger partial charge < -0.3 is 5.73 Å². The number of anilines is 2. The van der Waals surface area contributed by atoms with Crippen molar-refractivity contribution in [2.24, 2.45) is 0 Å². The van der Waals surface area contributed by atoms with E-state index < -0.39 is 0 Å². The summed E-state index contributed by atoms with van der Waals surface area (Å²) in [5, 5.41) is 19.6. The van der Waals surface area contributed by atoms with Crippen molar-refractivity contribution in [1.82, 2.24) is 19.8 Å². The fraction of sp³-hybridized carbons (Fsp3) is 0.318. The summed E-state index contributed by atoms with van der Waals surface area (Å²) in [6.07, 6.45) is 7.11. The van der Waals surface area contributed by atoms with E-state index in [0.717, 1.165) is 47.7 Å². The van der Waals surface area contributed by atoms with Gasteiger partial charge in [-0.2, -0.15) is 5.26 Å². The van der Waals surface area contributed by atoms with Gasteiger partial charge in [-0.1, -0.05) is 18.6 Å². The lowest BCUT2D eigenvalue weighted by Crippen LogP contribution is -2.30. The number of aromatic nitrogens is 3. The number of hydrogen-bond acceptors (Lipinski definition) is 6. The average Bonchev–Trinajstić information content (AvgIpc) is 3.29. The molecule has 1 aliphatic heterocycles. The number of rotatable bonds is 6. The molecular weight excluding hydrogens is 362 g/mol. The zero-order chi connectivity index (χ0) is 20.1. The van der Waals surface area contributed by atoms with Crippen LogP contribution in [0.15, 0.2) is 55.1 Å². The predicted molar refractivity (Wildman–Crippen MR) is 113 cm³/mol. The van der Waals surface area contributed by atoms with Crippen LogP contribution in [0.3, 0.4) is 0 Å². The van der Waals surface area contributed by atoms with Crippen LogP contribution in [0.4, 0.5) is 11.4 Å². The number of benzene rings is 2. The van der Waals surface area contributed by atoms with Gasteiger partial charge >= 0.3 is 0 Å². The highest BCUT2D eigenvalue weighted by Crippen LogP contribution is 2.24. The van der Waals surface area contributed by atoms with Gasteiger partial charge in [0.2, 0.25) is 0 Å². The van der Waals surface area contributed by atoms with E-state index >= 15 is 0 Å². The molecule has 0 unspecified atom stereocenters. The number of hydrogen-bond donors (Lipinski definition) is 1. The molecule has 1 aliphatic rings. The smallest absolute Gasteiger partial charge is 0.139 e. The van der Waals surface area contributed by atoms with E-state index in [1.165, 1.54) is 19.3 Å². The molecule has 3 aromatic rings. The van der Waals surface area contributed by atoms with Gasteiger partial charge in [0.25, 0.3) is 0 Å². The van der Waals surface area contributed by atoms with Crippen molar-refractivity contribution in [1.29, 1.82) is 5.26 Å². The third-order valence-electron chi connectivity index (χ3n) is 5.35. The summed E-state index contributed by atoms with van der Waals surface area (Å²) < 4.78 is 1.86. The van der Waals surface area contributed by atoms with Crippen molar-refractivity contribution in [2.75, 3.05) is 23.8 Å². The molecule has 7 nitrogen and oxygen atoms in total. The molecule has 2 heterocycles. The van der Waals surface area contributed by atoms with Crippen molar-refractivity contribution in [3.8, 4) is 6.07 Å². The quantitative estimate of drug-likeness (QED) is 0.654. The van der Waals surface area contributed by atoms with E-state index in [2.05, 4.69) is 32.2 Å². The van der Waals surface area contributed by atoms with Crippen LogP contribution in [0.5, 0.6) is 0 Å². The number of nitrogens with two attached hydrogens (primary N) is 1. The minimum absolute atomic E-state index is 0.632. The molecule has 29 heavy (non-hydrogen) atoms. The van der Waals surface area contributed by atoms with Crippen LogP contribution in [-0.2, 0) is 13.1 Å². The number of nitrogen functional groups attached to an aromatic ring is 1. The Morgan fingerprint density at radius 3 is 2.41 bits per heavy atom. The van der Waals surface area contributed by atoms with Crippen LogP contribution in [0.1, 0.15) is 36.0 Å². The molecule has 0 bridgehead atoms. The van der Waals surface area contributed by atoms with E-state index in [1.807, 2.05) is 41.1 Å².